The molecule has 0 aliphatic rings. The van der Waals surface area contributed by atoms with E-state index in [1.165, 1.54) is 48.0 Å². The van der Waals surface area contributed by atoms with E-state index in [1.807, 2.05) is 0 Å². The molecule has 0 aliphatic heterocycles. The van der Waals surface area contributed by atoms with Crippen LogP contribution in [0.3, 0.4) is 0 Å². The number of fused-ring (bicyclic) bond motifs is 1. The van der Waals surface area contributed by atoms with Crippen LogP contribution in [0.5, 0.6) is 5.75 Å². The zero-order valence-corrected chi connectivity index (χ0v) is 16.3. The van der Waals surface area contributed by atoms with E-state index >= 15 is 0 Å². The highest BCUT2D eigenvalue weighted by Crippen LogP contribution is 2.38. The van der Waals surface area contributed by atoms with Crippen LogP contribution in [-0.4, -0.2) is 21.5 Å². The van der Waals surface area contributed by atoms with Crippen LogP contribution >= 0.6 is 0 Å². The topological polar surface area (TPSA) is 51.5 Å². The molecule has 11 heteroatoms. The lowest BCUT2D eigenvalue weighted by Gasteiger charge is -2.13. The SMILES string of the molecule is COc1cc(Nc2ccc(C(F)(F)F)cc2)nc(-c2c(C(F)(F)F)nc3ccccn23)c1. The van der Waals surface area contributed by atoms with Gasteiger partial charge in [-0.15, -0.1) is 0 Å². The molecule has 4 rings (SSSR count). The van der Waals surface area contributed by atoms with Crippen molar-refractivity contribution in [1.29, 1.82) is 0 Å². The molecular weight excluding hydrogens is 438 g/mol. The highest BCUT2D eigenvalue weighted by molar-refractivity contribution is 5.69. The Hall–Kier alpha value is -3.76. The molecule has 0 unspecified atom stereocenters. The van der Waals surface area contributed by atoms with Gasteiger partial charge in [0.15, 0.2) is 5.69 Å². The van der Waals surface area contributed by atoms with Gasteiger partial charge in [0.05, 0.1) is 18.4 Å². The lowest BCUT2D eigenvalue weighted by atomic mass is 10.2. The van der Waals surface area contributed by atoms with Crippen LogP contribution < -0.4 is 10.1 Å². The van der Waals surface area contributed by atoms with Crippen molar-refractivity contribution < 1.29 is 31.1 Å². The first kappa shape index (κ1) is 21.5. The molecule has 0 aliphatic carbocycles. The number of rotatable bonds is 4. The summed E-state index contributed by atoms with van der Waals surface area (Å²) in [6, 6.07) is 11.4. The Labute approximate surface area is 177 Å². The zero-order chi connectivity index (χ0) is 23.1. The van der Waals surface area contributed by atoms with Gasteiger partial charge in [-0.3, -0.25) is 4.40 Å². The molecule has 0 spiro atoms. The lowest BCUT2D eigenvalue weighted by molar-refractivity contribution is -0.140. The van der Waals surface area contributed by atoms with E-state index in [1.54, 1.807) is 12.1 Å². The first-order valence-corrected chi connectivity index (χ1v) is 9.11. The van der Waals surface area contributed by atoms with Gasteiger partial charge in [0.25, 0.3) is 0 Å². The van der Waals surface area contributed by atoms with E-state index in [4.69, 9.17) is 4.74 Å². The summed E-state index contributed by atoms with van der Waals surface area (Å²) in [5.74, 6) is 0.279. The molecule has 0 atom stereocenters. The van der Waals surface area contributed by atoms with E-state index in [0.29, 0.717) is 0 Å². The standard InChI is InChI=1S/C21H14F6N4O/c1-32-14-10-15(18-19(21(25,26)27)30-17-4-2-3-9-31(17)18)29-16(11-14)28-13-7-5-12(6-8-13)20(22,23)24/h2-11H,1H3,(H,28,29). The Bertz CT molecular complexity index is 1260. The van der Waals surface area contributed by atoms with Crippen molar-refractivity contribution in [2.45, 2.75) is 12.4 Å². The lowest BCUT2D eigenvalue weighted by Crippen LogP contribution is -2.09. The number of hydrogen-bond acceptors (Lipinski definition) is 4. The highest BCUT2D eigenvalue weighted by atomic mass is 19.4. The molecule has 3 aromatic heterocycles. The van der Waals surface area contributed by atoms with E-state index in [-0.39, 0.29) is 34.3 Å². The summed E-state index contributed by atoms with van der Waals surface area (Å²) in [5, 5.41) is 2.80. The molecular formula is C21H14F6N4O. The molecule has 32 heavy (non-hydrogen) atoms. The minimum atomic E-state index is -4.74. The normalized spacial score (nSPS) is 12.2. The average Bonchev–Trinajstić information content (AvgIpc) is 3.13. The quantitative estimate of drug-likeness (QED) is 0.376. The Morgan fingerprint density at radius 2 is 1.59 bits per heavy atom. The summed E-state index contributed by atoms with van der Waals surface area (Å²) < 4.78 is 85.8. The van der Waals surface area contributed by atoms with Crippen molar-refractivity contribution in [3.05, 3.63) is 72.1 Å². The van der Waals surface area contributed by atoms with Crippen molar-refractivity contribution in [1.82, 2.24) is 14.4 Å². The third-order valence-corrected chi connectivity index (χ3v) is 4.56. The maximum Gasteiger partial charge on any atom is 0.435 e. The molecule has 1 aromatic carbocycles. The van der Waals surface area contributed by atoms with Crippen LogP contribution in [0.2, 0.25) is 0 Å². The molecule has 1 N–H and O–H groups in total. The number of nitrogens with zero attached hydrogens (tertiary/aromatic N) is 3. The van der Waals surface area contributed by atoms with Crippen LogP contribution in [0.4, 0.5) is 37.8 Å². The number of aromatic nitrogens is 3. The smallest absolute Gasteiger partial charge is 0.435 e. The van der Waals surface area contributed by atoms with E-state index in [9.17, 15) is 26.3 Å². The summed E-state index contributed by atoms with van der Waals surface area (Å²) in [5.41, 5.74) is -1.98. The number of nitrogens with one attached hydrogen (secondary N) is 1. The fourth-order valence-corrected chi connectivity index (χ4v) is 3.14. The molecule has 0 radical (unpaired) electrons. The number of imidazole rings is 1. The number of anilines is 2. The molecule has 5 nitrogen and oxygen atoms in total. The monoisotopic (exact) mass is 452 g/mol. The van der Waals surface area contributed by atoms with Gasteiger partial charge in [-0.2, -0.15) is 26.3 Å². The van der Waals surface area contributed by atoms with Gasteiger partial charge in [0.2, 0.25) is 0 Å². The fraction of sp³-hybridized carbons (Fsp3) is 0.143. The zero-order valence-electron chi connectivity index (χ0n) is 16.3. The molecule has 0 saturated heterocycles. The van der Waals surface area contributed by atoms with Crippen molar-refractivity contribution in [3.8, 4) is 17.1 Å². The second kappa shape index (κ2) is 7.74. The first-order chi connectivity index (χ1) is 15.1. The van der Waals surface area contributed by atoms with Gasteiger partial charge in [-0.1, -0.05) is 6.07 Å². The van der Waals surface area contributed by atoms with Crippen molar-refractivity contribution in [2.24, 2.45) is 0 Å². The Kier molecular flexibility index (Phi) is 5.19. The van der Waals surface area contributed by atoms with E-state index in [0.717, 1.165) is 12.1 Å². The summed E-state index contributed by atoms with van der Waals surface area (Å²) in [7, 11) is 1.33. The molecule has 0 fully saturated rings. The second-order valence-corrected chi connectivity index (χ2v) is 6.71. The second-order valence-electron chi connectivity index (χ2n) is 6.71. The predicted octanol–water partition coefficient (Wildman–Crippen LogP) is 6.19. The summed E-state index contributed by atoms with van der Waals surface area (Å²) >= 11 is 0. The average molecular weight is 452 g/mol. The number of methoxy groups -OCH3 is 1. The molecule has 166 valence electrons. The fourth-order valence-electron chi connectivity index (χ4n) is 3.14. The predicted molar refractivity (Wildman–Crippen MR) is 105 cm³/mol. The number of benzene rings is 1. The van der Waals surface area contributed by atoms with Crippen LogP contribution in [0.25, 0.3) is 17.0 Å². The Morgan fingerprint density at radius 3 is 2.22 bits per heavy atom. The van der Waals surface area contributed by atoms with Gasteiger partial charge in [-0.25, -0.2) is 9.97 Å². The number of ether oxygens (including phenoxy) is 1. The third kappa shape index (κ3) is 4.18. The molecule has 0 saturated carbocycles. The Balaban J connectivity index is 1.80. The van der Waals surface area contributed by atoms with Gasteiger partial charge in [0, 0.05) is 24.0 Å². The van der Waals surface area contributed by atoms with Crippen LogP contribution in [0.15, 0.2) is 60.8 Å². The van der Waals surface area contributed by atoms with Gasteiger partial charge in [-0.05, 0) is 36.4 Å². The number of pyridine rings is 2. The number of alkyl halides is 6. The Morgan fingerprint density at radius 1 is 0.875 bits per heavy atom. The maximum absolute atomic E-state index is 13.7. The first-order valence-electron chi connectivity index (χ1n) is 9.11. The highest BCUT2D eigenvalue weighted by Gasteiger charge is 2.39. The summed E-state index contributed by atoms with van der Waals surface area (Å²) in [6.07, 6.45) is -7.80. The van der Waals surface area contributed by atoms with Crippen molar-refractivity contribution in [3.63, 3.8) is 0 Å². The van der Waals surface area contributed by atoms with Crippen molar-refractivity contribution in [2.75, 3.05) is 12.4 Å². The molecule has 0 bridgehead atoms. The number of halogens is 6. The van der Waals surface area contributed by atoms with Gasteiger partial charge < -0.3 is 10.1 Å². The largest absolute Gasteiger partial charge is 0.497 e. The molecule has 3 heterocycles. The van der Waals surface area contributed by atoms with Crippen LogP contribution in [-0.2, 0) is 12.4 Å². The van der Waals surface area contributed by atoms with Gasteiger partial charge >= 0.3 is 12.4 Å². The van der Waals surface area contributed by atoms with E-state index < -0.39 is 23.6 Å². The molecule has 4 aromatic rings. The van der Waals surface area contributed by atoms with E-state index in [2.05, 4.69) is 15.3 Å². The van der Waals surface area contributed by atoms with Crippen LogP contribution in [0, 0.1) is 0 Å². The minimum absolute atomic E-state index is 0.0789. The number of hydrogen-bond donors (Lipinski definition) is 1. The van der Waals surface area contributed by atoms with Gasteiger partial charge in [0.1, 0.15) is 22.9 Å². The molecule has 0 amide bonds. The van der Waals surface area contributed by atoms with Crippen LogP contribution in [0.1, 0.15) is 11.3 Å². The summed E-state index contributed by atoms with van der Waals surface area (Å²) in [6.45, 7) is 0. The summed E-state index contributed by atoms with van der Waals surface area (Å²) in [4.78, 5) is 7.93. The minimum Gasteiger partial charge on any atom is -0.497 e. The maximum atomic E-state index is 13.7. The van der Waals surface area contributed by atoms with Crippen molar-refractivity contribution >= 4 is 17.2 Å². The third-order valence-electron chi connectivity index (χ3n) is 4.56.